The molecule has 0 fully saturated rings. The molecule has 2 heterocycles. The highest BCUT2D eigenvalue weighted by Crippen LogP contribution is 2.19. The van der Waals surface area contributed by atoms with Crippen molar-refractivity contribution >= 4 is 5.91 Å². The van der Waals surface area contributed by atoms with Gasteiger partial charge in [0.05, 0.1) is 23.5 Å². The number of aromatic nitrogens is 3. The summed E-state index contributed by atoms with van der Waals surface area (Å²) in [6, 6.07) is 7.93. The molecule has 2 aromatic heterocycles. The fraction of sp³-hybridized carbons (Fsp3) is 0.235. The second-order valence-corrected chi connectivity index (χ2v) is 5.50. The van der Waals surface area contributed by atoms with E-state index >= 15 is 0 Å². The van der Waals surface area contributed by atoms with Crippen LogP contribution in [0.2, 0.25) is 0 Å². The van der Waals surface area contributed by atoms with Crippen LogP contribution in [0, 0.1) is 20.8 Å². The number of nitrogens with one attached hydrogen (secondary N) is 2. The van der Waals surface area contributed by atoms with E-state index in [2.05, 4.69) is 20.5 Å². The van der Waals surface area contributed by atoms with Crippen molar-refractivity contribution in [2.45, 2.75) is 27.3 Å². The van der Waals surface area contributed by atoms with Crippen LogP contribution in [0.5, 0.6) is 0 Å². The smallest absolute Gasteiger partial charge is 0.255 e. The number of hydrogen-bond donors (Lipinski definition) is 2. The third-order valence-corrected chi connectivity index (χ3v) is 3.64. The van der Waals surface area contributed by atoms with Crippen LogP contribution in [0.15, 0.2) is 34.9 Å². The molecular formula is C17H18N4O2. The second-order valence-electron chi connectivity index (χ2n) is 5.50. The van der Waals surface area contributed by atoms with Gasteiger partial charge in [0.2, 0.25) is 5.89 Å². The Hall–Kier alpha value is -2.89. The van der Waals surface area contributed by atoms with Crippen LogP contribution in [-0.2, 0) is 6.54 Å². The van der Waals surface area contributed by atoms with Gasteiger partial charge in [-0.15, -0.1) is 0 Å². The molecule has 6 heteroatoms. The average molecular weight is 310 g/mol. The molecular weight excluding hydrogens is 292 g/mol. The molecule has 0 aliphatic heterocycles. The van der Waals surface area contributed by atoms with Gasteiger partial charge in [0.1, 0.15) is 6.26 Å². The highest BCUT2D eigenvalue weighted by molar-refractivity contribution is 5.96. The van der Waals surface area contributed by atoms with Gasteiger partial charge >= 0.3 is 0 Å². The summed E-state index contributed by atoms with van der Waals surface area (Å²) in [5.74, 6) is 0.374. The fourth-order valence-electron chi connectivity index (χ4n) is 2.36. The number of hydrogen-bond acceptors (Lipinski definition) is 4. The Labute approximate surface area is 133 Å². The summed E-state index contributed by atoms with van der Waals surface area (Å²) >= 11 is 0. The molecule has 0 unspecified atom stereocenters. The van der Waals surface area contributed by atoms with E-state index in [1.165, 1.54) is 5.56 Å². The molecule has 0 spiro atoms. The summed E-state index contributed by atoms with van der Waals surface area (Å²) in [4.78, 5) is 16.6. The lowest BCUT2D eigenvalue weighted by atomic mass is 10.1. The highest BCUT2D eigenvalue weighted by Gasteiger charge is 2.15. The second kappa shape index (κ2) is 6.08. The van der Waals surface area contributed by atoms with Crippen molar-refractivity contribution in [2.75, 3.05) is 0 Å². The number of oxazole rings is 1. The minimum Gasteiger partial charge on any atom is -0.444 e. The summed E-state index contributed by atoms with van der Waals surface area (Å²) in [7, 11) is 0. The number of rotatable bonds is 4. The van der Waals surface area contributed by atoms with Crippen molar-refractivity contribution in [2.24, 2.45) is 0 Å². The van der Waals surface area contributed by atoms with E-state index in [1.54, 1.807) is 13.2 Å². The van der Waals surface area contributed by atoms with Crippen LogP contribution in [0.4, 0.5) is 0 Å². The minimum absolute atomic E-state index is 0.173. The Morgan fingerprint density at radius 3 is 2.61 bits per heavy atom. The lowest BCUT2D eigenvalue weighted by Crippen LogP contribution is -2.24. The fourth-order valence-corrected chi connectivity index (χ4v) is 2.36. The summed E-state index contributed by atoms with van der Waals surface area (Å²) in [5, 5.41) is 9.66. The third kappa shape index (κ3) is 3.15. The largest absolute Gasteiger partial charge is 0.444 e. The van der Waals surface area contributed by atoms with Crippen molar-refractivity contribution < 1.29 is 9.21 Å². The minimum atomic E-state index is -0.173. The lowest BCUT2D eigenvalue weighted by molar-refractivity contribution is 0.0949. The number of nitrogens with zero attached hydrogens (tertiary/aromatic N) is 2. The first-order chi connectivity index (χ1) is 11.0. The van der Waals surface area contributed by atoms with Crippen molar-refractivity contribution in [3.05, 3.63) is 58.7 Å². The van der Waals surface area contributed by atoms with Crippen LogP contribution in [0.25, 0.3) is 11.5 Å². The number of aromatic amines is 1. The third-order valence-electron chi connectivity index (χ3n) is 3.64. The maximum atomic E-state index is 12.2. The lowest BCUT2D eigenvalue weighted by Gasteiger charge is -2.02. The monoisotopic (exact) mass is 310 g/mol. The van der Waals surface area contributed by atoms with E-state index in [-0.39, 0.29) is 5.91 Å². The molecule has 6 nitrogen and oxygen atoms in total. The van der Waals surface area contributed by atoms with Crippen molar-refractivity contribution in [1.29, 1.82) is 0 Å². The van der Waals surface area contributed by atoms with Gasteiger partial charge in [-0.25, -0.2) is 4.98 Å². The van der Waals surface area contributed by atoms with Crippen LogP contribution < -0.4 is 5.32 Å². The zero-order valence-electron chi connectivity index (χ0n) is 13.3. The Balaban J connectivity index is 1.68. The van der Waals surface area contributed by atoms with Crippen LogP contribution in [-0.4, -0.2) is 21.1 Å². The maximum absolute atomic E-state index is 12.2. The van der Waals surface area contributed by atoms with E-state index in [9.17, 15) is 4.79 Å². The molecule has 0 bridgehead atoms. The maximum Gasteiger partial charge on any atom is 0.255 e. The standard InChI is InChI=1S/C17H18N4O2/c1-10-4-6-13(7-5-10)17-19-14(9-23-17)8-18-16(22)15-11(2)20-21-12(15)3/h4-7,9H,8H2,1-3H3,(H,18,22)(H,20,21). The molecule has 0 aliphatic rings. The molecule has 23 heavy (non-hydrogen) atoms. The Bertz CT molecular complexity index is 811. The SMILES string of the molecule is Cc1ccc(-c2nc(CNC(=O)c3c(C)n[nH]c3C)co2)cc1. The van der Waals surface area contributed by atoms with Crippen molar-refractivity contribution in [3.63, 3.8) is 0 Å². The van der Waals surface area contributed by atoms with Gasteiger partial charge in [-0.2, -0.15) is 5.10 Å². The molecule has 1 amide bonds. The number of amides is 1. The summed E-state index contributed by atoms with van der Waals surface area (Å²) < 4.78 is 5.48. The van der Waals surface area contributed by atoms with E-state index in [1.807, 2.05) is 38.1 Å². The number of H-pyrrole nitrogens is 1. The first-order valence-corrected chi connectivity index (χ1v) is 7.36. The average Bonchev–Trinajstić information content (AvgIpc) is 3.13. The van der Waals surface area contributed by atoms with Crippen LogP contribution >= 0.6 is 0 Å². The molecule has 0 radical (unpaired) electrons. The molecule has 0 aliphatic carbocycles. The molecule has 118 valence electrons. The van der Waals surface area contributed by atoms with E-state index < -0.39 is 0 Å². The Morgan fingerprint density at radius 2 is 1.96 bits per heavy atom. The summed E-state index contributed by atoms with van der Waals surface area (Å²) in [6.45, 7) is 5.95. The van der Waals surface area contributed by atoms with E-state index in [0.29, 0.717) is 29.4 Å². The number of carbonyl (C=O) groups is 1. The zero-order chi connectivity index (χ0) is 16.4. The molecule has 1 aromatic carbocycles. The molecule has 2 N–H and O–H groups in total. The first-order valence-electron chi connectivity index (χ1n) is 7.36. The summed E-state index contributed by atoms with van der Waals surface area (Å²) in [5.41, 5.74) is 4.77. The Morgan fingerprint density at radius 1 is 1.22 bits per heavy atom. The van der Waals surface area contributed by atoms with Gasteiger partial charge in [-0.05, 0) is 32.9 Å². The van der Waals surface area contributed by atoms with Crippen molar-refractivity contribution in [3.8, 4) is 11.5 Å². The van der Waals surface area contributed by atoms with Gasteiger partial charge in [0.15, 0.2) is 0 Å². The van der Waals surface area contributed by atoms with Gasteiger partial charge in [-0.1, -0.05) is 17.7 Å². The predicted molar refractivity (Wildman–Crippen MR) is 85.9 cm³/mol. The molecule has 3 aromatic rings. The Kier molecular flexibility index (Phi) is 3.97. The predicted octanol–water partition coefficient (Wildman–Crippen LogP) is 2.92. The summed E-state index contributed by atoms with van der Waals surface area (Å²) in [6.07, 6.45) is 1.56. The topological polar surface area (TPSA) is 83.8 Å². The van der Waals surface area contributed by atoms with Gasteiger partial charge < -0.3 is 9.73 Å². The molecule has 3 rings (SSSR count). The van der Waals surface area contributed by atoms with Gasteiger partial charge in [-0.3, -0.25) is 9.89 Å². The highest BCUT2D eigenvalue weighted by atomic mass is 16.3. The van der Waals surface area contributed by atoms with E-state index in [4.69, 9.17) is 4.42 Å². The number of aryl methyl sites for hydroxylation is 3. The van der Waals surface area contributed by atoms with Crippen LogP contribution in [0.1, 0.15) is 33.0 Å². The molecule has 0 atom stereocenters. The first kappa shape index (κ1) is 15.0. The quantitative estimate of drug-likeness (QED) is 0.776. The molecule has 0 saturated carbocycles. The van der Waals surface area contributed by atoms with Crippen LogP contribution in [0.3, 0.4) is 0 Å². The normalized spacial score (nSPS) is 10.7. The van der Waals surface area contributed by atoms with Gasteiger partial charge in [0.25, 0.3) is 5.91 Å². The molecule has 0 saturated heterocycles. The van der Waals surface area contributed by atoms with Gasteiger partial charge in [0, 0.05) is 11.3 Å². The zero-order valence-corrected chi connectivity index (χ0v) is 13.3. The van der Waals surface area contributed by atoms with Crippen molar-refractivity contribution in [1.82, 2.24) is 20.5 Å². The number of carbonyl (C=O) groups excluding carboxylic acids is 1. The van der Waals surface area contributed by atoms with E-state index in [0.717, 1.165) is 11.3 Å². The number of benzene rings is 1.